The van der Waals surface area contributed by atoms with Gasteiger partial charge in [-0.25, -0.2) is 0 Å². The van der Waals surface area contributed by atoms with Crippen molar-refractivity contribution in [1.82, 2.24) is 15.2 Å². The van der Waals surface area contributed by atoms with Gasteiger partial charge in [-0.3, -0.25) is 9.78 Å². The van der Waals surface area contributed by atoms with Crippen LogP contribution in [0.2, 0.25) is 0 Å². The Kier molecular flexibility index (Phi) is 6.29. The van der Waals surface area contributed by atoms with Gasteiger partial charge in [-0.1, -0.05) is 0 Å². The summed E-state index contributed by atoms with van der Waals surface area (Å²) in [6.07, 6.45) is 3.40. The average Bonchev–Trinajstić information content (AvgIpc) is 2.40. The molecule has 0 radical (unpaired) electrons. The highest BCUT2D eigenvalue weighted by atomic mass is 16.1. The Hall–Kier alpha value is -1.62. The minimum Gasteiger partial charge on any atom is -0.371 e. The molecule has 106 valence electrons. The fourth-order valence-electron chi connectivity index (χ4n) is 1.81. The molecule has 0 spiro atoms. The van der Waals surface area contributed by atoms with Crippen LogP contribution >= 0.6 is 0 Å². The fourth-order valence-corrected chi connectivity index (χ4v) is 1.81. The molecule has 0 atom stereocenters. The van der Waals surface area contributed by atoms with E-state index < -0.39 is 0 Å². The van der Waals surface area contributed by atoms with Crippen molar-refractivity contribution in [1.29, 1.82) is 0 Å². The average molecular weight is 264 g/mol. The molecule has 0 saturated heterocycles. The molecule has 0 saturated carbocycles. The van der Waals surface area contributed by atoms with Crippen LogP contribution in [0.3, 0.4) is 0 Å². The minimum atomic E-state index is -0.0663. The Morgan fingerprint density at radius 1 is 1.26 bits per heavy atom. The Morgan fingerprint density at radius 2 is 1.95 bits per heavy atom. The molecular weight excluding hydrogens is 240 g/mol. The van der Waals surface area contributed by atoms with Crippen molar-refractivity contribution in [2.75, 3.05) is 45.2 Å². The highest BCUT2D eigenvalue weighted by molar-refractivity contribution is 5.94. The second kappa shape index (κ2) is 7.74. The smallest absolute Gasteiger partial charge is 0.252 e. The van der Waals surface area contributed by atoms with E-state index in [1.54, 1.807) is 12.4 Å². The molecule has 1 aromatic heterocycles. The number of carbonyl (C=O) groups excluding carboxylic acids is 1. The predicted molar refractivity (Wildman–Crippen MR) is 78.7 cm³/mol. The summed E-state index contributed by atoms with van der Waals surface area (Å²) >= 11 is 0. The van der Waals surface area contributed by atoms with E-state index in [9.17, 15) is 4.79 Å². The summed E-state index contributed by atoms with van der Waals surface area (Å²) in [6.45, 7) is 7.46. The van der Waals surface area contributed by atoms with Crippen LogP contribution in [0.1, 0.15) is 24.2 Å². The molecular formula is C14H24N4O. The first-order valence-electron chi connectivity index (χ1n) is 6.71. The van der Waals surface area contributed by atoms with E-state index >= 15 is 0 Å². The SMILES string of the molecule is CCN(CC)c1cncc(C(=O)NCCN(C)C)c1. The molecule has 0 aliphatic carbocycles. The molecule has 1 aromatic rings. The summed E-state index contributed by atoms with van der Waals surface area (Å²) in [7, 11) is 3.96. The van der Waals surface area contributed by atoms with Crippen molar-refractivity contribution in [3.8, 4) is 0 Å². The van der Waals surface area contributed by atoms with Crippen molar-refractivity contribution in [2.24, 2.45) is 0 Å². The van der Waals surface area contributed by atoms with Gasteiger partial charge in [0, 0.05) is 32.4 Å². The molecule has 0 fully saturated rings. The van der Waals surface area contributed by atoms with Crippen LogP contribution in [0.15, 0.2) is 18.5 Å². The van der Waals surface area contributed by atoms with Gasteiger partial charge in [0.25, 0.3) is 5.91 Å². The van der Waals surface area contributed by atoms with Gasteiger partial charge < -0.3 is 15.1 Å². The summed E-state index contributed by atoms with van der Waals surface area (Å²) in [6, 6.07) is 1.89. The first-order chi connectivity index (χ1) is 9.08. The van der Waals surface area contributed by atoms with Crippen LogP contribution in [-0.2, 0) is 0 Å². The monoisotopic (exact) mass is 264 g/mol. The van der Waals surface area contributed by atoms with Crippen molar-refractivity contribution in [3.05, 3.63) is 24.0 Å². The third-order valence-electron chi connectivity index (χ3n) is 2.96. The van der Waals surface area contributed by atoms with Crippen molar-refractivity contribution in [3.63, 3.8) is 0 Å². The number of nitrogens with one attached hydrogen (secondary N) is 1. The fraction of sp³-hybridized carbons (Fsp3) is 0.571. The van der Waals surface area contributed by atoms with E-state index in [0.717, 1.165) is 25.3 Å². The van der Waals surface area contributed by atoms with Gasteiger partial charge in [-0.05, 0) is 34.0 Å². The van der Waals surface area contributed by atoms with Gasteiger partial charge in [0.1, 0.15) is 0 Å². The summed E-state index contributed by atoms with van der Waals surface area (Å²) in [5.74, 6) is -0.0663. The van der Waals surface area contributed by atoms with E-state index in [4.69, 9.17) is 0 Å². The summed E-state index contributed by atoms with van der Waals surface area (Å²) in [4.78, 5) is 20.3. The van der Waals surface area contributed by atoms with Gasteiger partial charge in [0.2, 0.25) is 0 Å². The summed E-state index contributed by atoms with van der Waals surface area (Å²) in [5, 5.41) is 2.89. The van der Waals surface area contributed by atoms with E-state index in [2.05, 4.69) is 29.0 Å². The Morgan fingerprint density at radius 3 is 2.53 bits per heavy atom. The van der Waals surface area contributed by atoms with E-state index in [-0.39, 0.29) is 5.91 Å². The second-order valence-electron chi connectivity index (χ2n) is 4.66. The van der Waals surface area contributed by atoms with E-state index in [1.165, 1.54) is 0 Å². The molecule has 0 aromatic carbocycles. The summed E-state index contributed by atoms with van der Waals surface area (Å²) < 4.78 is 0. The highest BCUT2D eigenvalue weighted by Crippen LogP contribution is 2.13. The highest BCUT2D eigenvalue weighted by Gasteiger charge is 2.09. The quantitative estimate of drug-likeness (QED) is 0.804. The molecule has 19 heavy (non-hydrogen) atoms. The standard InChI is InChI=1S/C14H24N4O/c1-5-18(6-2)13-9-12(10-15-11-13)14(19)16-7-8-17(3)4/h9-11H,5-8H2,1-4H3,(H,16,19). The molecule has 5 heteroatoms. The second-order valence-corrected chi connectivity index (χ2v) is 4.66. The van der Waals surface area contributed by atoms with Crippen LogP contribution in [0.25, 0.3) is 0 Å². The Labute approximate surface area is 115 Å². The van der Waals surface area contributed by atoms with E-state index in [1.807, 2.05) is 25.1 Å². The zero-order chi connectivity index (χ0) is 14.3. The maximum absolute atomic E-state index is 12.0. The van der Waals surface area contributed by atoms with Crippen LogP contribution in [-0.4, -0.2) is 56.1 Å². The zero-order valence-electron chi connectivity index (χ0n) is 12.3. The number of carbonyl (C=O) groups is 1. The number of hydrogen-bond donors (Lipinski definition) is 1. The van der Waals surface area contributed by atoms with Gasteiger partial charge in [0.05, 0.1) is 17.4 Å². The van der Waals surface area contributed by atoms with Gasteiger partial charge in [-0.15, -0.1) is 0 Å². The van der Waals surface area contributed by atoms with Crippen molar-refractivity contribution >= 4 is 11.6 Å². The number of likely N-dealkylation sites (N-methyl/N-ethyl adjacent to an activating group) is 1. The number of nitrogens with zero attached hydrogens (tertiary/aromatic N) is 3. The first-order valence-corrected chi connectivity index (χ1v) is 6.71. The molecule has 5 nitrogen and oxygen atoms in total. The van der Waals surface area contributed by atoms with Crippen LogP contribution in [0.5, 0.6) is 0 Å². The third-order valence-corrected chi connectivity index (χ3v) is 2.96. The van der Waals surface area contributed by atoms with Gasteiger partial charge in [0.15, 0.2) is 0 Å². The lowest BCUT2D eigenvalue weighted by Gasteiger charge is -2.20. The molecule has 1 heterocycles. The predicted octanol–water partition coefficient (Wildman–Crippen LogP) is 1.22. The molecule has 0 bridgehead atoms. The van der Waals surface area contributed by atoms with Crippen molar-refractivity contribution in [2.45, 2.75) is 13.8 Å². The Bertz CT molecular complexity index is 402. The van der Waals surface area contributed by atoms with Crippen molar-refractivity contribution < 1.29 is 4.79 Å². The third kappa shape index (κ3) is 4.87. The van der Waals surface area contributed by atoms with Crippen LogP contribution < -0.4 is 10.2 Å². The number of hydrogen-bond acceptors (Lipinski definition) is 4. The molecule has 1 rings (SSSR count). The first kappa shape index (κ1) is 15.4. The lowest BCUT2D eigenvalue weighted by Crippen LogP contribution is -2.31. The van der Waals surface area contributed by atoms with E-state index in [0.29, 0.717) is 12.1 Å². The number of anilines is 1. The topological polar surface area (TPSA) is 48.5 Å². The number of rotatable bonds is 7. The van der Waals surface area contributed by atoms with Crippen LogP contribution in [0.4, 0.5) is 5.69 Å². The minimum absolute atomic E-state index is 0.0663. The lowest BCUT2D eigenvalue weighted by atomic mass is 10.2. The lowest BCUT2D eigenvalue weighted by molar-refractivity contribution is 0.0950. The normalized spacial score (nSPS) is 10.6. The maximum atomic E-state index is 12.0. The number of amides is 1. The number of aromatic nitrogens is 1. The van der Waals surface area contributed by atoms with Crippen LogP contribution in [0, 0.1) is 0 Å². The zero-order valence-corrected chi connectivity index (χ0v) is 12.3. The summed E-state index contributed by atoms with van der Waals surface area (Å²) in [5.41, 5.74) is 1.61. The molecule has 0 aliphatic rings. The molecule has 1 amide bonds. The van der Waals surface area contributed by atoms with Gasteiger partial charge >= 0.3 is 0 Å². The van der Waals surface area contributed by atoms with Gasteiger partial charge in [-0.2, -0.15) is 0 Å². The Balaban J connectivity index is 2.67. The molecule has 0 aliphatic heterocycles. The maximum Gasteiger partial charge on any atom is 0.252 e. The number of pyridine rings is 1. The molecule has 0 unspecified atom stereocenters. The molecule has 1 N–H and O–H groups in total. The largest absolute Gasteiger partial charge is 0.371 e.